The minimum atomic E-state index is 0.756. The van der Waals surface area contributed by atoms with E-state index in [4.69, 9.17) is 10.7 Å². The van der Waals surface area contributed by atoms with Crippen LogP contribution in [-0.4, -0.2) is 26.4 Å². The Morgan fingerprint density at radius 1 is 1.16 bits per heavy atom. The second-order valence-electron chi connectivity index (χ2n) is 6.49. The van der Waals surface area contributed by atoms with Crippen LogP contribution in [0.3, 0.4) is 0 Å². The summed E-state index contributed by atoms with van der Waals surface area (Å²) in [5.41, 5.74) is 11.1. The average Bonchev–Trinajstić information content (AvgIpc) is 2.92. The van der Waals surface area contributed by atoms with Gasteiger partial charge in [0.25, 0.3) is 0 Å². The van der Waals surface area contributed by atoms with Gasteiger partial charge >= 0.3 is 0 Å². The summed E-state index contributed by atoms with van der Waals surface area (Å²) in [6.45, 7) is 7.03. The van der Waals surface area contributed by atoms with E-state index < -0.39 is 0 Å². The summed E-state index contributed by atoms with van der Waals surface area (Å²) in [5.74, 6) is 0.779. The van der Waals surface area contributed by atoms with Crippen LogP contribution in [0.5, 0.6) is 0 Å². The number of aromatic nitrogens is 3. The van der Waals surface area contributed by atoms with E-state index in [-0.39, 0.29) is 0 Å². The molecule has 0 radical (unpaired) electrons. The highest BCUT2D eigenvalue weighted by atomic mass is 32.1. The topological polar surface area (TPSA) is 67.9 Å². The third kappa shape index (κ3) is 3.41. The van der Waals surface area contributed by atoms with Crippen molar-refractivity contribution in [2.75, 3.05) is 12.3 Å². The fourth-order valence-corrected chi connectivity index (χ4v) is 4.18. The van der Waals surface area contributed by atoms with Gasteiger partial charge in [-0.2, -0.15) is 0 Å². The number of nitrogen functional groups attached to an aromatic ring is 1. The van der Waals surface area contributed by atoms with Crippen LogP contribution in [0.15, 0.2) is 30.5 Å². The monoisotopic (exact) mass is 351 g/mol. The van der Waals surface area contributed by atoms with Crippen LogP contribution in [0.25, 0.3) is 11.4 Å². The van der Waals surface area contributed by atoms with Gasteiger partial charge in [0.2, 0.25) is 0 Å². The number of nitrogens with zero attached hydrogens (tertiary/aromatic N) is 4. The largest absolute Gasteiger partial charge is 0.399 e. The molecule has 1 aliphatic heterocycles. The molecule has 0 bridgehead atoms. The molecule has 0 atom stereocenters. The summed E-state index contributed by atoms with van der Waals surface area (Å²) in [6.07, 6.45) is 2.93. The number of anilines is 1. The minimum Gasteiger partial charge on any atom is -0.399 e. The van der Waals surface area contributed by atoms with Gasteiger partial charge in [-0.15, -0.1) is 11.3 Å². The highest BCUT2D eigenvalue weighted by molar-refractivity contribution is 7.11. The first-order chi connectivity index (χ1) is 12.1. The van der Waals surface area contributed by atoms with Crippen LogP contribution in [0, 0.1) is 13.8 Å². The first-order valence-electron chi connectivity index (χ1n) is 8.44. The lowest BCUT2D eigenvalue weighted by atomic mass is 10.1. The third-order valence-electron chi connectivity index (χ3n) is 4.55. The summed E-state index contributed by atoms with van der Waals surface area (Å²) in [5, 5.41) is 1.14. The van der Waals surface area contributed by atoms with E-state index in [1.807, 2.05) is 30.5 Å². The first kappa shape index (κ1) is 16.2. The van der Waals surface area contributed by atoms with Gasteiger partial charge in [-0.3, -0.25) is 4.90 Å². The summed E-state index contributed by atoms with van der Waals surface area (Å²) in [4.78, 5) is 17.7. The molecule has 6 heteroatoms. The van der Waals surface area contributed by atoms with Crippen LogP contribution in [-0.2, 0) is 19.5 Å². The quantitative estimate of drug-likeness (QED) is 0.733. The predicted molar refractivity (Wildman–Crippen MR) is 101 cm³/mol. The lowest BCUT2D eigenvalue weighted by molar-refractivity contribution is 0.244. The van der Waals surface area contributed by atoms with E-state index in [0.717, 1.165) is 59.5 Å². The summed E-state index contributed by atoms with van der Waals surface area (Å²) in [6, 6.07) is 7.72. The van der Waals surface area contributed by atoms with Crippen LogP contribution in [0.1, 0.15) is 26.8 Å². The smallest absolute Gasteiger partial charge is 0.159 e. The number of hydrogen-bond acceptors (Lipinski definition) is 6. The molecule has 1 aromatic carbocycles. The molecule has 4 rings (SSSR count). The summed E-state index contributed by atoms with van der Waals surface area (Å²) < 4.78 is 0. The highest BCUT2D eigenvalue weighted by Gasteiger charge is 2.20. The molecule has 2 aromatic heterocycles. The van der Waals surface area contributed by atoms with Crippen molar-refractivity contribution >= 4 is 17.0 Å². The molecule has 0 amide bonds. The Morgan fingerprint density at radius 2 is 1.96 bits per heavy atom. The van der Waals surface area contributed by atoms with Crippen molar-refractivity contribution in [3.8, 4) is 11.4 Å². The number of fused-ring (bicyclic) bond motifs is 1. The van der Waals surface area contributed by atoms with E-state index in [2.05, 4.69) is 28.7 Å². The lowest BCUT2D eigenvalue weighted by Crippen LogP contribution is -2.30. The molecule has 1 aliphatic rings. The van der Waals surface area contributed by atoms with E-state index in [1.165, 1.54) is 10.4 Å². The summed E-state index contributed by atoms with van der Waals surface area (Å²) in [7, 11) is 0. The molecule has 0 saturated heterocycles. The van der Waals surface area contributed by atoms with E-state index >= 15 is 0 Å². The summed E-state index contributed by atoms with van der Waals surface area (Å²) >= 11 is 1.80. The number of hydrogen-bond donors (Lipinski definition) is 1. The zero-order valence-electron chi connectivity index (χ0n) is 14.5. The second-order valence-corrected chi connectivity index (χ2v) is 7.78. The molecule has 5 nitrogen and oxygen atoms in total. The van der Waals surface area contributed by atoms with Crippen LogP contribution in [0.4, 0.5) is 5.69 Å². The molecule has 3 heterocycles. The standard InChI is InChI=1S/C19H21N5S/c1-12-18(25-13(2)22-12)11-24-8-7-17-15(10-24)9-21-19(23-17)14-3-5-16(20)6-4-14/h3-6,9H,7-8,10-11,20H2,1-2H3. The molecule has 0 saturated carbocycles. The number of rotatable bonds is 3. The minimum absolute atomic E-state index is 0.756. The van der Waals surface area contributed by atoms with Gasteiger partial charge in [0, 0.05) is 53.9 Å². The van der Waals surface area contributed by atoms with Gasteiger partial charge in [-0.1, -0.05) is 0 Å². The normalized spacial score (nSPS) is 14.5. The van der Waals surface area contributed by atoms with Crippen molar-refractivity contribution in [1.29, 1.82) is 0 Å². The van der Waals surface area contributed by atoms with Gasteiger partial charge in [-0.05, 0) is 38.1 Å². The van der Waals surface area contributed by atoms with Gasteiger partial charge in [0.15, 0.2) is 5.82 Å². The Labute approximate surface area is 151 Å². The van der Waals surface area contributed by atoms with E-state index in [1.54, 1.807) is 11.3 Å². The maximum Gasteiger partial charge on any atom is 0.159 e. The fourth-order valence-electron chi connectivity index (χ4n) is 3.20. The van der Waals surface area contributed by atoms with Gasteiger partial charge < -0.3 is 5.73 Å². The van der Waals surface area contributed by atoms with Gasteiger partial charge in [-0.25, -0.2) is 15.0 Å². The van der Waals surface area contributed by atoms with Crippen molar-refractivity contribution in [3.05, 3.63) is 57.3 Å². The maximum atomic E-state index is 5.76. The Morgan fingerprint density at radius 3 is 2.68 bits per heavy atom. The maximum absolute atomic E-state index is 5.76. The molecule has 0 fully saturated rings. The average molecular weight is 351 g/mol. The molecule has 2 N–H and O–H groups in total. The van der Waals surface area contributed by atoms with Crippen molar-refractivity contribution < 1.29 is 0 Å². The van der Waals surface area contributed by atoms with Gasteiger partial charge in [0.05, 0.1) is 16.4 Å². The molecule has 0 unspecified atom stereocenters. The zero-order valence-corrected chi connectivity index (χ0v) is 15.3. The lowest BCUT2D eigenvalue weighted by Gasteiger charge is -2.27. The second kappa shape index (κ2) is 6.54. The Balaban J connectivity index is 1.52. The van der Waals surface area contributed by atoms with Crippen molar-refractivity contribution in [2.24, 2.45) is 0 Å². The molecule has 25 heavy (non-hydrogen) atoms. The molecule has 0 aliphatic carbocycles. The third-order valence-corrected chi connectivity index (χ3v) is 5.61. The Kier molecular flexibility index (Phi) is 4.23. The molecule has 0 spiro atoms. The zero-order chi connectivity index (χ0) is 17.4. The van der Waals surface area contributed by atoms with Crippen molar-refractivity contribution in [1.82, 2.24) is 19.9 Å². The fraction of sp³-hybridized carbons (Fsp3) is 0.316. The molecular formula is C19H21N5S. The van der Waals surface area contributed by atoms with Crippen LogP contribution >= 0.6 is 11.3 Å². The number of aryl methyl sites for hydroxylation is 2. The number of thiazole rings is 1. The van der Waals surface area contributed by atoms with E-state index in [0.29, 0.717) is 0 Å². The van der Waals surface area contributed by atoms with Crippen LogP contribution < -0.4 is 5.73 Å². The SMILES string of the molecule is Cc1nc(C)c(CN2CCc3nc(-c4ccc(N)cc4)ncc3C2)s1. The van der Waals surface area contributed by atoms with Gasteiger partial charge in [0.1, 0.15) is 0 Å². The Bertz CT molecular complexity index is 901. The molecule has 128 valence electrons. The highest BCUT2D eigenvalue weighted by Crippen LogP contribution is 2.25. The van der Waals surface area contributed by atoms with Crippen molar-refractivity contribution in [3.63, 3.8) is 0 Å². The van der Waals surface area contributed by atoms with Crippen molar-refractivity contribution in [2.45, 2.75) is 33.4 Å². The predicted octanol–water partition coefficient (Wildman–Crippen LogP) is 3.36. The van der Waals surface area contributed by atoms with E-state index in [9.17, 15) is 0 Å². The van der Waals surface area contributed by atoms with Crippen LogP contribution in [0.2, 0.25) is 0 Å². The number of benzene rings is 1. The number of nitrogens with two attached hydrogens (primary N) is 1. The molecule has 3 aromatic rings. The molecular weight excluding hydrogens is 330 g/mol. The first-order valence-corrected chi connectivity index (χ1v) is 9.26. The Hall–Kier alpha value is -2.31.